The second-order valence-corrected chi connectivity index (χ2v) is 6.00. The number of hydrogen-bond acceptors (Lipinski definition) is 2. The summed E-state index contributed by atoms with van der Waals surface area (Å²) < 4.78 is 0. The summed E-state index contributed by atoms with van der Waals surface area (Å²) >= 11 is 0. The number of benzene rings is 1. The van der Waals surface area contributed by atoms with Gasteiger partial charge in [-0.1, -0.05) is 31.2 Å². The van der Waals surface area contributed by atoms with Crippen molar-refractivity contribution in [3.63, 3.8) is 0 Å². The first-order valence-corrected chi connectivity index (χ1v) is 7.25. The smallest absolute Gasteiger partial charge is 0.238 e. The molecule has 1 amide bonds. The Labute approximate surface area is 115 Å². The Morgan fingerprint density at radius 3 is 2.79 bits per heavy atom. The highest BCUT2D eigenvalue weighted by atomic mass is 16.2. The summed E-state index contributed by atoms with van der Waals surface area (Å²) in [5.41, 5.74) is 2.48. The van der Waals surface area contributed by atoms with Crippen LogP contribution in [0.3, 0.4) is 0 Å². The fourth-order valence-corrected chi connectivity index (χ4v) is 3.04. The minimum Gasteiger partial charge on any atom is -0.322 e. The highest BCUT2D eigenvalue weighted by Gasteiger charge is 2.36. The normalized spacial score (nSPS) is 24.8. The van der Waals surface area contributed by atoms with Gasteiger partial charge in [-0.25, -0.2) is 0 Å². The molecule has 1 N–H and O–H groups in total. The molecule has 1 saturated carbocycles. The zero-order valence-electron chi connectivity index (χ0n) is 11.7. The van der Waals surface area contributed by atoms with Gasteiger partial charge in [-0.3, -0.25) is 10.1 Å². The van der Waals surface area contributed by atoms with E-state index in [2.05, 4.69) is 37.4 Å². The van der Waals surface area contributed by atoms with Crippen molar-refractivity contribution in [2.45, 2.75) is 32.9 Å². The summed E-state index contributed by atoms with van der Waals surface area (Å²) in [6.45, 7) is 5.74. The zero-order chi connectivity index (χ0) is 13.4. The summed E-state index contributed by atoms with van der Waals surface area (Å²) in [5, 5.41) is 3.35. The molecular formula is C16H22N2O. The number of carbonyl (C=O) groups excluding carboxylic acids is 1. The molecule has 2 aliphatic rings. The fraction of sp³-hybridized carbons (Fsp3) is 0.562. The number of amides is 1. The summed E-state index contributed by atoms with van der Waals surface area (Å²) in [6, 6.07) is 8.34. The van der Waals surface area contributed by atoms with E-state index < -0.39 is 0 Å². The number of nitrogens with zero attached hydrogens (tertiary/aromatic N) is 1. The SMILES string of the molecule is Cc1ccccc1C1NCC(=O)N1CC(C)C1CC1. The third-order valence-electron chi connectivity index (χ3n) is 4.47. The van der Waals surface area contributed by atoms with Crippen molar-refractivity contribution in [2.24, 2.45) is 11.8 Å². The summed E-state index contributed by atoms with van der Waals surface area (Å²) in [4.78, 5) is 14.1. The number of nitrogens with one attached hydrogen (secondary N) is 1. The highest BCUT2D eigenvalue weighted by molar-refractivity contribution is 5.81. The Morgan fingerprint density at radius 2 is 2.11 bits per heavy atom. The molecule has 3 nitrogen and oxygen atoms in total. The van der Waals surface area contributed by atoms with Crippen molar-refractivity contribution in [2.75, 3.05) is 13.1 Å². The van der Waals surface area contributed by atoms with Crippen LogP contribution in [-0.2, 0) is 4.79 Å². The molecule has 0 aromatic heterocycles. The molecule has 2 unspecified atom stereocenters. The van der Waals surface area contributed by atoms with Crippen molar-refractivity contribution in [1.29, 1.82) is 0 Å². The summed E-state index contributed by atoms with van der Waals surface area (Å²) in [6.07, 6.45) is 2.74. The lowest BCUT2D eigenvalue weighted by molar-refractivity contribution is -0.128. The minimum absolute atomic E-state index is 0.0647. The van der Waals surface area contributed by atoms with E-state index in [1.807, 2.05) is 11.0 Å². The molecule has 0 bridgehead atoms. The minimum atomic E-state index is 0.0647. The van der Waals surface area contributed by atoms with Gasteiger partial charge in [0.2, 0.25) is 5.91 Å². The molecule has 0 radical (unpaired) electrons. The second kappa shape index (κ2) is 4.97. The Balaban J connectivity index is 1.79. The molecular weight excluding hydrogens is 236 g/mol. The van der Waals surface area contributed by atoms with Crippen LogP contribution >= 0.6 is 0 Å². The number of rotatable bonds is 4. The van der Waals surface area contributed by atoms with E-state index in [4.69, 9.17) is 0 Å². The molecule has 1 heterocycles. The molecule has 3 rings (SSSR count). The van der Waals surface area contributed by atoms with Gasteiger partial charge >= 0.3 is 0 Å². The molecule has 1 aliphatic heterocycles. The van der Waals surface area contributed by atoms with Crippen molar-refractivity contribution >= 4 is 5.91 Å². The Morgan fingerprint density at radius 1 is 1.37 bits per heavy atom. The maximum absolute atomic E-state index is 12.1. The van der Waals surface area contributed by atoms with E-state index >= 15 is 0 Å². The van der Waals surface area contributed by atoms with E-state index in [0.29, 0.717) is 12.5 Å². The van der Waals surface area contributed by atoms with E-state index in [-0.39, 0.29) is 12.1 Å². The van der Waals surface area contributed by atoms with Crippen LogP contribution in [0, 0.1) is 18.8 Å². The van der Waals surface area contributed by atoms with E-state index in [1.165, 1.54) is 24.0 Å². The van der Waals surface area contributed by atoms with Crippen molar-refractivity contribution in [3.05, 3.63) is 35.4 Å². The average Bonchev–Trinajstić information content (AvgIpc) is 3.18. The van der Waals surface area contributed by atoms with Crippen molar-refractivity contribution in [3.8, 4) is 0 Å². The quantitative estimate of drug-likeness (QED) is 0.900. The highest BCUT2D eigenvalue weighted by Crippen LogP contribution is 2.38. The van der Waals surface area contributed by atoms with Gasteiger partial charge in [-0.2, -0.15) is 0 Å². The third kappa shape index (κ3) is 2.52. The maximum Gasteiger partial charge on any atom is 0.238 e. The molecule has 2 fully saturated rings. The fourth-order valence-electron chi connectivity index (χ4n) is 3.04. The van der Waals surface area contributed by atoms with Gasteiger partial charge in [-0.05, 0) is 42.7 Å². The average molecular weight is 258 g/mol. The van der Waals surface area contributed by atoms with Crippen LogP contribution in [0.4, 0.5) is 0 Å². The van der Waals surface area contributed by atoms with E-state index in [0.717, 1.165) is 12.5 Å². The van der Waals surface area contributed by atoms with Gasteiger partial charge in [0.15, 0.2) is 0 Å². The van der Waals surface area contributed by atoms with Crippen molar-refractivity contribution in [1.82, 2.24) is 10.2 Å². The van der Waals surface area contributed by atoms with E-state index in [9.17, 15) is 4.79 Å². The number of hydrogen-bond donors (Lipinski definition) is 1. The predicted molar refractivity (Wildman–Crippen MR) is 75.5 cm³/mol. The first-order chi connectivity index (χ1) is 9.16. The lowest BCUT2D eigenvalue weighted by Gasteiger charge is -2.28. The standard InChI is InChI=1S/C16H22N2O/c1-11-5-3-4-6-14(11)16-17-9-15(19)18(16)10-12(2)13-7-8-13/h3-6,12-13,16-17H,7-10H2,1-2H3. The van der Waals surface area contributed by atoms with Crippen LogP contribution in [0.1, 0.15) is 37.1 Å². The molecule has 19 heavy (non-hydrogen) atoms. The van der Waals surface area contributed by atoms with Gasteiger partial charge in [-0.15, -0.1) is 0 Å². The Bertz CT molecular complexity index is 481. The Kier molecular flexibility index (Phi) is 3.31. The van der Waals surface area contributed by atoms with Crippen LogP contribution < -0.4 is 5.32 Å². The molecule has 1 aromatic carbocycles. The van der Waals surface area contributed by atoms with E-state index in [1.54, 1.807) is 0 Å². The Hall–Kier alpha value is -1.35. The largest absolute Gasteiger partial charge is 0.322 e. The molecule has 2 atom stereocenters. The summed E-state index contributed by atoms with van der Waals surface area (Å²) in [5.74, 6) is 1.70. The lowest BCUT2D eigenvalue weighted by Crippen LogP contribution is -2.35. The molecule has 1 aliphatic carbocycles. The maximum atomic E-state index is 12.1. The predicted octanol–water partition coefficient (Wildman–Crippen LogP) is 2.47. The lowest BCUT2D eigenvalue weighted by atomic mass is 10.0. The van der Waals surface area contributed by atoms with Gasteiger partial charge in [0, 0.05) is 6.54 Å². The van der Waals surface area contributed by atoms with Gasteiger partial charge in [0.1, 0.15) is 6.17 Å². The molecule has 1 saturated heterocycles. The second-order valence-electron chi connectivity index (χ2n) is 6.00. The zero-order valence-corrected chi connectivity index (χ0v) is 11.7. The van der Waals surface area contributed by atoms with Crippen LogP contribution in [0.15, 0.2) is 24.3 Å². The monoisotopic (exact) mass is 258 g/mol. The molecule has 102 valence electrons. The molecule has 0 spiro atoms. The number of carbonyl (C=O) groups is 1. The van der Waals surface area contributed by atoms with Crippen LogP contribution in [0.2, 0.25) is 0 Å². The van der Waals surface area contributed by atoms with Gasteiger partial charge in [0.25, 0.3) is 0 Å². The topological polar surface area (TPSA) is 32.3 Å². The van der Waals surface area contributed by atoms with Crippen LogP contribution in [0.25, 0.3) is 0 Å². The third-order valence-corrected chi connectivity index (χ3v) is 4.47. The first-order valence-electron chi connectivity index (χ1n) is 7.25. The molecule has 3 heteroatoms. The number of aryl methyl sites for hydroxylation is 1. The van der Waals surface area contributed by atoms with Crippen molar-refractivity contribution < 1.29 is 4.79 Å². The molecule has 1 aromatic rings. The van der Waals surface area contributed by atoms with Gasteiger partial charge in [0.05, 0.1) is 6.54 Å². The first kappa shape index (κ1) is 12.7. The van der Waals surface area contributed by atoms with Crippen LogP contribution in [-0.4, -0.2) is 23.9 Å². The summed E-state index contributed by atoms with van der Waals surface area (Å²) in [7, 11) is 0. The van der Waals surface area contributed by atoms with Gasteiger partial charge < -0.3 is 4.90 Å². The van der Waals surface area contributed by atoms with Crippen LogP contribution in [0.5, 0.6) is 0 Å².